The number of hydrogen-bond donors (Lipinski definition) is 1. The Hall–Kier alpha value is -4.20. The largest absolute Gasteiger partial charge is 0.488 e. The lowest BCUT2D eigenvalue weighted by Gasteiger charge is -2.14. The van der Waals surface area contributed by atoms with Gasteiger partial charge in [-0.1, -0.05) is 31.2 Å². The number of pyridine rings is 1. The van der Waals surface area contributed by atoms with Crippen molar-refractivity contribution >= 4 is 5.97 Å². The van der Waals surface area contributed by atoms with Gasteiger partial charge in [0.2, 0.25) is 5.88 Å². The van der Waals surface area contributed by atoms with Crippen molar-refractivity contribution in [3.05, 3.63) is 101 Å². The summed E-state index contributed by atoms with van der Waals surface area (Å²) in [7, 11) is 0. The summed E-state index contributed by atoms with van der Waals surface area (Å²) in [6.45, 7) is 2.56. The molecule has 0 aliphatic carbocycles. The van der Waals surface area contributed by atoms with Crippen LogP contribution < -0.4 is 9.47 Å². The minimum absolute atomic E-state index is 0.105. The van der Waals surface area contributed by atoms with Crippen LogP contribution >= 0.6 is 0 Å². The van der Waals surface area contributed by atoms with E-state index >= 15 is 0 Å². The highest BCUT2D eigenvalue weighted by Crippen LogP contribution is 2.25. The van der Waals surface area contributed by atoms with E-state index in [1.807, 2.05) is 18.2 Å². The predicted octanol–water partition coefficient (Wildman–Crippen LogP) is 4.83. The number of halogens is 1. The Kier molecular flexibility index (Phi) is 6.64. The Bertz CT molecular complexity index is 1250. The van der Waals surface area contributed by atoms with Crippen molar-refractivity contribution in [1.82, 2.24) is 14.8 Å². The lowest BCUT2D eigenvalue weighted by molar-refractivity contribution is 0.0696. The van der Waals surface area contributed by atoms with Crippen molar-refractivity contribution in [2.45, 2.75) is 26.6 Å². The number of rotatable bonds is 9. The molecule has 2 aromatic heterocycles. The molecular weight excluding hydrogens is 425 g/mol. The average Bonchev–Trinajstić information content (AvgIpc) is 3.31. The first kappa shape index (κ1) is 22.0. The van der Waals surface area contributed by atoms with Gasteiger partial charge in [-0.05, 0) is 47.9 Å². The highest BCUT2D eigenvalue weighted by atomic mass is 19.1. The number of benzene rings is 2. The van der Waals surface area contributed by atoms with E-state index in [-0.39, 0.29) is 18.0 Å². The molecule has 2 heterocycles. The van der Waals surface area contributed by atoms with Gasteiger partial charge in [0, 0.05) is 17.8 Å². The molecule has 0 aliphatic rings. The van der Waals surface area contributed by atoms with Crippen LogP contribution in [0.25, 0.3) is 5.82 Å². The van der Waals surface area contributed by atoms with Crippen molar-refractivity contribution < 1.29 is 23.8 Å². The molecule has 4 aromatic rings. The maximum atomic E-state index is 13.2. The molecule has 7 nitrogen and oxygen atoms in total. The summed E-state index contributed by atoms with van der Waals surface area (Å²) in [5.74, 6) is 0.0851. The third-order valence-electron chi connectivity index (χ3n) is 5.04. The standard InChI is InChI=1S/C25H22FN3O4/c1-2-17-3-6-20(22(13-17)32-15-18-4-7-21(26)8-5-18)16-33-24-10-12-28-29(24)23-14-19(25(30)31)9-11-27-23/h3-14H,2,15-16H2,1H3,(H,30,31). The van der Waals surface area contributed by atoms with Crippen LogP contribution in [0.5, 0.6) is 11.6 Å². The van der Waals surface area contributed by atoms with E-state index in [1.54, 1.807) is 24.4 Å². The fraction of sp³-hybridized carbons (Fsp3) is 0.160. The lowest BCUT2D eigenvalue weighted by atomic mass is 10.1. The van der Waals surface area contributed by atoms with E-state index in [9.17, 15) is 14.3 Å². The van der Waals surface area contributed by atoms with Gasteiger partial charge in [-0.15, -0.1) is 0 Å². The zero-order valence-corrected chi connectivity index (χ0v) is 17.9. The van der Waals surface area contributed by atoms with Crippen LogP contribution in [-0.4, -0.2) is 25.8 Å². The van der Waals surface area contributed by atoms with Crippen LogP contribution in [0.15, 0.2) is 73.1 Å². The third-order valence-corrected chi connectivity index (χ3v) is 5.04. The van der Waals surface area contributed by atoms with Gasteiger partial charge >= 0.3 is 5.97 Å². The lowest BCUT2D eigenvalue weighted by Crippen LogP contribution is -2.08. The Morgan fingerprint density at radius 2 is 1.76 bits per heavy atom. The SMILES string of the molecule is CCc1ccc(COc2ccnn2-c2cc(C(=O)O)ccn2)c(OCc2ccc(F)cc2)c1. The van der Waals surface area contributed by atoms with Crippen molar-refractivity contribution in [3.8, 4) is 17.4 Å². The predicted molar refractivity (Wildman–Crippen MR) is 119 cm³/mol. The van der Waals surface area contributed by atoms with Gasteiger partial charge in [-0.3, -0.25) is 0 Å². The van der Waals surface area contributed by atoms with Crippen LogP contribution in [0.1, 0.15) is 34.0 Å². The zero-order valence-electron chi connectivity index (χ0n) is 17.9. The van der Waals surface area contributed by atoms with Crippen molar-refractivity contribution in [1.29, 1.82) is 0 Å². The number of carboxylic acids is 1. The van der Waals surface area contributed by atoms with Crippen LogP contribution in [-0.2, 0) is 19.6 Å². The van der Waals surface area contributed by atoms with Crippen LogP contribution in [0.3, 0.4) is 0 Å². The highest BCUT2D eigenvalue weighted by molar-refractivity contribution is 5.87. The molecule has 1 N–H and O–H groups in total. The number of carbonyl (C=O) groups is 1. The molecule has 0 aliphatic heterocycles. The van der Waals surface area contributed by atoms with Gasteiger partial charge in [-0.2, -0.15) is 9.78 Å². The summed E-state index contributed by atoms with van der Waals surface area (Å²) in [5, 5.41) is 13.4. The minimum atomic E-state index is -1.05. The third kappa shape index (κ3) is 5.35. The summed E-state index contributed by atoms with van der Waals surface area (Å²) in [6.07, 6.45) is 3.82. The quantitative estimate of drug-likeness (QED) is 0.396. The normalized spacial score (nSPS) is 10.7. The molecule has 0 spiro atoms. The van der Waals surface area contributed by atoms with Crippen LogP contribution in [0, 0.1) is 5.82 Å². The number of ether oxygens (including phenoxy) is 2. The molecule has 8 heteroatoms. The zero-order chi connectivity index (χ0) is 23.2. The minimum Gasteiger partial charge on any atom is -0.488 e. The molecule has 2 aromatic carbocycles. The van der Waals surface area contributed by atoms with E-state index in [4.69, 9.17) is 9.47 Å². The number of nitrogens with zero attached hydrogens (tertiary/aromatic N) is 3. The van der Waals surface area contributed by atoms with Crippen molar-refractivity contribution in [2.24, 2.45) is 0 Å². The Balaban J connectivity index is 1.52. The Morgan fingerprint density at radius 1 is 0.970 bits per heavy atom. The van der Waals surface area contributed by atoms with Crippen molar-refractivity contribution in [2.75, 3.05) is 0 Å². The second-order valence-electron chi connectivity index (χ2n) is 7.29. The number of aromatic nitrogens is 3. The highest BCUT2D eigenvalue weighted by Gasteiger charge is 2.13. The first-order valence-corrected chi connectivity index (χ1v) is 10.4. The Labute approximate surface area is 190 Å². The summed E-state index contributed by atoms with van der Waals surface area (Å²) >= 11 is 0. The maximum Gasteiger partial charge on any atom is 0.335 e. The van der Waals surface area contributed by atoms with Gasteiger partial charge < -0.3 is 14.6 Å². The maximum absolute atomic E-state index is 13.2. The monoisotopic (exact) mass is 447 g/mol. The van der Waals surface area contributed by atoms with E-state index in [2.05, 4.69) is 17.0 Å². The average molecular weight is 447 g/mol. The number of hydrogen-bond acceptors (Lipinski definition) is 5. The number of carboxylic acid groups (broad SMARTS) is 1. The molecule has 4 rings (SSSR count). The summed E-state index contributed by atoms with van der Waals surface area (Å²) in [5.41, 5.74) is 2.91. The van der Waals surface area contributed by atoms with Gasteiger partial charge in [0.15, 0.2) is 5.82 Å². The molecule has 0 bridgehead atoms. The molecule has 0 amide bonds. The van der Waals surface area contributed by atoms with Gasteiger partial charge in [0.05, 0.1) is 11.8 Å². The van der Waals surface area contributed by atoms with Gasteiger partial charge in [0.1, 0.15) is 24.8 Å². The Morgan fingerprint density at radius 3 is 2.52 bits per heavy atom. The summed E-state index contributed by atoms with van der Waals surface area (Å²) in [4.78, 5) is 15.5. The van der Waals surface area contributed by atoms with Crippen LogP contribution in [0.2, 0.25) is 0 Å². The second kappa shape index (κ2) is 9.95. The molecule has 33 heavy (non-hydrogen) atoms. The number of aromatic carboxylic acids is 1. The van der Waals surface area contributed by atoms with E-state index in [0.717, 1.165) is 23.1 Å². The molecule has 0 atom stereocenters. The summed E-state index contributed by atoms with van der Waals surface area (Å²) in [6, 6.07) is 16.6. The van der Waals surface area contributed by atoms with Crippen molar-refractivity contribution in [3.63, 3.8) is 0 Å². The molecule has 0 unspecified atom stereocenters. The smallest absolute Gasteiger partial charge is 0.335 e. The fourth-order valence-corrected chi connectivity index (χ4v) is 3.21. The fourth-order valence-electron chi connectivity index (χ4n) is 3.21. The van der Waals surface area contributed by atoms with E-state index in [1.165, 1.54) is 35.1 Å². The first-order valence-electron chi connectivity index (χ1n) is 10.4. The second-order valence-corrected chi connectivity index (χ2v) is 7.29. The number of aryl methyl sites for hydroxylation is 1. The first-order chi connectivity index (χ1) is 16.0. The van der Waals surface area contributed by atoms with E-state index < -0.39 is 5.97 Å². The van der Waals surface area contributed by atoms with Crippen LogP contribution in [0.4, 0.5) is 4.39 Å². The topological polar surface area (TPSA) is 86.5 Å². The van der Waals surface area contributed by atoms with Gasteiger partial charge in [0.25, 0.3) is 0 Å². The molecule has 168 valence electrons. The molecule has 0 fully saturated rings. The molecule has 0 saturated carbocycles. The molecule has 0 radical (unpaired) electrons. The molecule has 0 saturated heterocycles. The summed E-state index contributed by atoms with van der Waals surface area (Å²) < 4.78 is 26.6. The van der Waals surface area contributed by atoms with Gasteiger partial charge in [-0.25, -0.2) is 14.2 Å². The molecular formula is C25H22FN3O4. The van der Waals surface area contributed by atoms with E-state index in [0.29, 0.717) is 24.1 Å².